The van der Waals surface area contributed by atoms with E-state index in [4.69, 9.17) is 0 Å². The fraction of sp³-hybridized carbons (Fsp3) is 0.933. The summed E-state index contributed by atoms with van der Waals surface area (Å²) < 4.78 is 0. The molecular formula is C15H30N4O. The Labute approximate surface area is 123 Å². The number of rotatable bonds is 4. The quantitative estimate of drug-likeness (QED) is 0.769. The molecule has 2 aliphatic heterocycles. The monoisotopic (exact) mass is 282 g/mol. The van der Waals surface area contributed by atoms with Crippen LogP contribution in [0.2, 0.25) is 0 Å². The number of carbonyl (C=O) groups is 1. The molecule has 2 N–H and O–H groups in total. The van der Waals surface area contributed by atoms with Gasteiger partial charge in [-0.05, 0) is 40.8 Å². The standard InChI is InChI=1S/C15H30N4O/c1-12-13(5-6-16-12)14(20)17-11-15(2,3)19-9-7-18(4)8-10-19/h12-13,16H,5-11H2,1-4H3,(H,17,20). The number of hydrogen-bond acceptors (Lipinski definition) is 4. The van der Waals surface area contributed by atoms with E-state index in [9.17, 15) is 4.79 Å². The molecule has 0 aliphatic carbocycles. The summed E-state index contributed by atoms with van der Waals surface area (Å²) in [5.41, 5.74) is 0.0339. The van der Waals surface area contributed by atoms with E-state index in [0.717, 1.165) is 45.7 Å². The van der Waals surface area contributed by atoms with E-state index in [1.54, 1.807) is 0 Å². The number of nitrogens with zero attached hydrogens (tertiary/aromatic N) is 2. The minimum atomic E-state index is 0.0339. The van der Waals surface area contributed by atoms with Crippen LogP contribution in [-0.4, -0.2) is 73.6 Å². The van der Waals surface area contributed by atoms with Crippen molar-refractivity contribution >= 4 is 5.91 Å². The summed E-state index contributed by atoms with van der Waals surface area (Å²) in [6.07, 6.45) is 0.960. The van der Waals surface area contributed by atoms with Crippen molar-refractivity contribution in [2.45, 2.75) is 38.8 Å². The van der Waals surface area contributed by atoms with E-state index >= 15 is 0 Å². The molecule has 0 radical (unpaired) electrons. The molecular weight excluding hydrogens is 252 g/mol. The lowest BCUT2D eigenvalue weighted by Gasteiger charge is -2.43. The second kappa shape index (κ2) is 6.41. The molecule has 1 amide bonds. The van der Waals surface area contributed by atoms with Gasteiger partial charge in [0.2, 0.25) is 5.91 Å². The molecule has 2 fully saturated rings. The Morgan fingerprint density at radius 1 is 1.30 bits per heavy atom. The lowest BCUT2D eigenvalue weighted by atomic mass is 9.98. The second-order valence-corrected chi connectivity index (χ2v) is 6.96. The summed E-state index contributed by atoms with van der Waals surface area (Å²) >= 11 is 0. The van der Waals surface area contributed by atoms with Crippen molar-refractivity contribution in [1.29, 1.82) is 0 Å². The molecule has 2 heterocycles. The fourth-order valence-electron chi connectivity index (χ4n) is 3.18. The average Bonchev–Trinajstić information content (AvgIpc) is 2.83. The largest absolute Gasteiger partial charge is 0.354 e. The van der Waals surface area contributed by atoms with Crippen LogP contribution < -0.4 is 10.6 Å². The smallest absolute Gasteiger partial charge is 0.224 e. The Balaban J connectivity index is 1.81. The molecule has 116 valence electrons. The van der Waals surface area contributed by atoms with E-state index in [1.807, 2.05) is 0 Å². The molecule has 5 nitrogen and oxygen atoms in total. The van der Waals surface area contributed by atoms with Crippen LogP contribution in [0.1, 0.15) is 27.2 Å². The van der Waals surface area contributed by atoms with E-state index in [-0.39, 0.29) is 17.4 Å². The van der Waals surface area contributed by atoms with E-state index in [2.05, 4.69) is 48.3 Å². The van der Waals surface area contributed by atoms with Gasteiger partial charge in [0.15, 0.2) is 0 Å². The van der Waals surface area contributed by atoms with Gasteiger partial charge in [0.25, 0.3) is 0 Å². The van der Waals surface area contributed by atoms with Crippen molar-refractivity contribution in [3.63, 3.8) is 0 Å². The zero-order valence-electron chi connectivity index (χ0n) is 13.4. The molecule has 2 unspecified atom stereocenters. The average molecular weight is 282 g/mol. The SMILES string of the molecule is CC1NCCC1C(=O)NCC(C)(C)N1CCN(C)CC1. The lowest BCUT2D eigenvalue weighted by molar-refractivity contribution is -0.125. The number of nitrogens with one attached hydrogen (secondary N) is 2. The van der Waals surface area contributed by atoms with E-state index in [0.29, 0.717) is 6.04 Å². The van der Waals surface area contributed by atoms with Gasteiger partial charge in [-0.3, -0.25) is 9.69 Å². The summed E-state index contributed by atoms with van der Waals surface area (Å²) in [6.45, 7) is 12.6. The molecule has 2 rings (SSSR count). The zero-order chi connectivity index (χ0) is 14.8. The summed E-state index contributed by atoms with van der Waals surface area (Å²) in [5.74, 6) is 0.350. The highest BCUT2D eigenvalue weighted by Crippen LogP contribution is 2.18. The van der Waals surface area contributed by atoms with Crippen LogP contribution in [0.15, 0.2) is 0 Å². The number of piperazine rings is 1. The fourth-order valence-corrected chi connectivity index (χ4v) is 3.18. The molecule has 2 atom stereocenters. The third-order valence-electron chi connectivity index (χ3n) is 4.92. The van der Waals surface area contributed by atoms with Gasteiger partial charge in [0, 0.05) is 44.3 Å². The van der Waals surface area contributed by atoms with Gasteiger partial charge in [-0.1, -0.05) is 0 Å². The van der Waals surface area contributed by atoms with Crippen LogP contribution in [0.3, 0.4) is 0 Å². The van der Waals surface area contributed by atoms with Crippen LogP contribution in [0, 0.1) is 5.92 Å². The number of likely N-dealkylation sites (N-methyl/N-ethyl adjacent to an activating group) is 1. The number of amides is 1. The van der Waals surface area contributed by atoms with Crippen molar-refractivity contribution in [1.82, 2.24) is 20.4 Å². The van der Waals surface area contributed by atoms with Crippen molar-refractivity contribution in [3.8, 4) is 0 Å². The Morgan fingerprint density at radius 2 is 1.95 bits per heavy atom. The highest BCUT2D eigenvalue weighted by Gasteiger charge is 2.33. The first-order chi connectivity index (χ1) is 9.40. The highest BCUT2D eigenvalue weighted by atomic mass is 16.2. The van der Waals surface area contributed by atoms with Crippen molar-refractivity contribution in [3.05, 3.63) is 0 Å². The molecule has 5 heteroatoms. The molecule has 2 saturated heterocycles. The van der Waals surface area contributed by atoms with Crippen molar-refractivity contribution < 1.29 is 4.79 Å². The van der Waals surface area contributed by atoms with Crippen LogP contribution >= 0.6 is 0 Å². The normalized spacial score (nSPS) is 29.6. The van der Waals surface area contributed by atoms with Gasteiger partial charge < -0.3 is 15.5 Å². The summed E-state index contributed by atoms with van der Waals surface area (Å²) in [5, 5.41) is 6.51. The second-order valence-electron chi connectivity index (χ2n) is 6.96. The van der Waals surface area contributed by atoms with Crippen LogP contribution in [0.5, 0.6) is 0 Å². The first-order valence-electron chi connectivity index (χ1n) is 7.85. The predicted molar refractivity (Wildman–Crippen MR) is 81.7 cm³/mol. The minimum absolute atomic E-state index is 0.0339. The van der Waals surface area contributed by atoms with Crippen LogP contribution in [-0.2, 0) is 4.79 Å². The maximum atomic E-state index is 12.3. The molecule has 20 heavy (non-hydrogen) atoms. The number of carbonyl (C=O) groups excluding carboxylic acids is 1. The molecule has 0 aromatic heterocycles. The lowest BCUT2D eigenvalue weighted by Crippen LogP contribution is -2.58. The van der Waals surface area contributed by atoms with Gasteiger partial charge in [0.05, 0.1) is 5.92 Å². The molecule has 0 saturated carbocycles. The summed E-state index contributed by atoms with van der Waals surface area (Å²) in [6, 6.07) is 0.307. The Morgan fingerprint density at radius 3 is 2.50 bits per heavy atom. The highest BCUT2D eigenvalue weighted by molar-refractivity contribution is 5.79. The summed E-state index contributed by atoms with van der Waals surface area (Å²) in [4.78, 5) is 17.1. The van der Waals surface area contributed by atoms with Crippen molar-refractivity contribution in [2.75, 3.05) is 46.3 Å². The van der Waals surface area contributed by atoms with E-state index < -0.39 is 0 Å². The van der Waals surface area contributed by atoms with Crippen LogP contribution in [0.25, 0.3) is 0 Å². The van der Waals surface area contributed by atoms with Gasteiger partial charge >= 0.3 is 0 Å². The third-order valence-corrected chi connectivity index (χ3v) is 4.92. The van der Waals surface area contributed by atoms with Crippen LogP contribution in [0.4, 0.5) is 0 Å². The third kappa shape index (κ3) is 3.71. The Bertz CT molecular complexity index is 337. The topological polar surface area (TPSA) is 47.6 Å². The number of hydrogen-bond donors (Lipinski definition) is 2. The predicted octanol–water partition coefficient (Wildman–Crippen LogP) is 0.127. The van der Waals surface area contributed by atoms with E-state index in [1.165, 1.54) is 0 Å². The molecule has 0 spiro atoms. The van der Waals surface area contributed by atoms with Gasteiger partial charge in [-0.15, -0.1) is 0 Å². The maximum absolute atomic E-state index is 12.3. The summed E-state index contributed by atoms with van der Waals surface area (Å²) in [7, 11) is 2.17. The van der Waals surface area contributed by atoms with Gasteiger partial charge in [-0.2, -0.15) is 0 Å². The minimum Gasteiger partial charge on any atom is -0.354 e. The van der Waals surface area contributed by atoms with Gasteiger partial charge in [-0.25, -0.2) is 0 Å². The first-order valence-corrected chi connectivity index (χ1v) is 7.85. The maximum Gasteiger partial charge on any atom is 0.224 e. The first kappa shape index (κ1) is 15.7. The Kier molecular flexibility index (Phi) is 5.04. The Hall–Kier alpha value is -0.650. The zero-order valence-corrected chi connectivity index (χ0v) is 13.4. The molecule has 0 bridgehead atoms. The molecule has 0 aromatic rings. The van der Waals surface area contributed by atoms with Gasteiger partial charge in [0.1, 0.15) is 0 Å². The molecule has 2 aliphatic rings. The molecule has 0 aromatic carbocycles. The van der Waals surface area contributed by atoms with Crippen molar-refractivity contribution in [2.24, 2.45) is 5.92 Å².